The van der Waals surface area contributed by atoms with Crippen LogP contribution in [0.3, 0.4) is 0 Å². The smallest absolute Gasteiger partial charge is 0.120 e. The summed E-state index contributed by atoms with van der Waals surface area (Å²) in [5.74, 6) is 0.952. The molecule has 0 bridgehead atoms. The van der Waals surface area contributed by atoms with Crippen molar-refractivity contribution in [3.63, 3.8) is 0 Å². The summed E-state index contributed by atoms with van der Waals surface area (Å²) in [6, 6.07) is 6.16. The first-order valence-corrected chi connectivity index (χ1v) is 7.18. The predicted octanol–water partition coefficient (Wildman–Crippen LogP) is 4.18. The Morgan fingerprint density at radius 3 is 2.59 bits per heavy atom. The van der Waals surface area contributed by atoms with Crippen LogP contribution in [0.15, 0.2) is 22.7 Å². The van der Waals surface area contributed by atoms with E-state index >= 15 is 0 Å². The van der Waals surface area contributed by atoms with Crippen LogP contribution in [0.25, 0.3) is 0 Å². The highest BCUT2D eigenvalue weighted by Crippen LogP contribution is 2.29. The minimum atomic E-state index is 0.0492. The van der Waals surface area contributed by atoms with Crippen molar-refractivity contribution in [3.05, 3.63) is 28.2 Å². The third-order valence-corrected chi connectivity index (χ3v) is 4.00. The number of nitrogens with two attached hydrogens (primary N) is 1. The first-order valence-electron chi connectivity index (χ1n) is 6.38. The SMILES string of the molecule is C[C@H](N)c1ccc(OC2CCCCC2)cc1Br. The summed E-state index contributed by atoms with van der Waals surface area (Å²) in [4.78, 5) is 0. The lowest BCUT2D eigenvalue weighted by Crippen LogP contribution is -2.19. The van der Waals surface area contributed by atoms with Crippen molar-refractivity contribution < 1.29 is 4.74 Å². The molecule has 1 aromatic carbocycles. The van der Waals surface area contributed by atoms with Gasteiger partial charge in [0, 0.05) is 10.5 Å². The summed E-state index contributed by atoms with van der Waals surface area (Å²) in [5, 5.41) is 0. The Kier molecular flexibility index (Phi) is 4.46. The Morgan fingerprint density at radius 1 is 1.29 bits per heavy atom. The highest BCUT2D eigenvalue weighted by Gasteiger charge is 2.15. The van der Waals surface area contributed by atoms with E-state index in [1.165, 1.54) is 32.1 Å². The first-order chi connectivity index (χ1) is 8.16. The van der Waals surface area contributed by atoms with Gasteiger partial charge in [-0.1, -0.05) is 28.4 Å². The number of hydrogen-bond donors (Lipinski definition) is 1. The molecule has 0 heterocycles. The fraction of sp³-hybridized carbons (Fsp3) is 0.571. The van der Waals surface area contributed by atoms with Gasteiger partial charge in [0.2, 0.25) is 0 Å². The zero-order valence-corrected chi connectivity index (χ0v) is 11.9. The topological polar surface area (TPSA) is 35.2 Å². The van der Waals surface area contributed by atoms with Crippen molar-refractivity contribution in [1.29, 1.82) is 0 Å². The monoisotopic (exact) mass is 297 g/mol. The molecule has 2 nitrogen and oxygen atoms in total. The van der Waals surface area contributed by atoms with Crippen molar-refractivity contribution in [3.8, 4) is 5.75 Å². The van der Waals surface area contributed by atoms with Crippen molar-refractivity contribution in [1.82, 2.24) is 0 Å². The maximum absolute atomic E-state index is 6.00. The highest BCUT2D eigenvalue weighted by molar-refractivity contribution is 9.10. The van der Waals surface area contributed by atoms with Gasteiger partial charge in [0.1, 0.15) is 5.75 Å². The Hall–Kier alpha value is -0.540. The summed E-state index contributed by atoms with van der Waals surface area (Å²) in [7, 11) is 0. The van der Waals surface area contributed by atoms with Crippen LogP contribution in [0.4, 0.5) is 0 Å². The maximum Gasteiger partial charge on any atom is 0.120 e. The van der Waals surface area contributed by atoms with E-state index in [9.17, 15) is 0 Å². The molecule has 1 aliphatic rings. The van der Waals surface area contributed by atoms with Gasteiger partial charge in [0.05, 0.1) is 6.10 Å². The summed E-state index contributed by atoms with van der Waals surface area (Å²) >= 11 is 3.55. The van der Waals surface area contributed by atoms with Gasteiger partial charge in [-0.15, -0.1) is 0 Å². The molecule has 1 atom stereocenters. The summed E-state index contributed by atoms with van der Waals surface area (Å²) in [6.45, 7) is 1.99. The van der Waals surface area contributed by atoms with E-state index in [0.717, 1.165) is 15.8 Å². The van der Waals surface area contributed by atoms with E-state index in [-0.39, 0.29) is 6.04 Å². The van der Waals surface area contributed by atoms with Crippen molar-refractivity contribution in [2.24, 2.45) is 5.73 Å². The molecular formula is C14H20BrNO. The van der Waals surface area contributed by atoms with Crippen LogP contribution in [0.1, 0.15) is 50.6 Å². The lowest BCUT2D eigenvalue weighted by atomic mass is 9.98. The van der Waals surface area contributed by atoms with Crippen LogP contribution >= 0.6 is 15.9 Å². The molecule has 2 rings (SSSR count). The molecule has 0 unspecified atom stereocenters. The average Bonchev–Trinajstić information content (AvgIpc) is 2.30. The van der Waals surface area contributed by atoms with Gasteiger partial charge in [-0.2, -0.15) is 0 Å². The van der Waals surface area contributed by atoms with Crippen molar-refractivity contribution >= 4 is 15.9 Å². The van der Waals surface area contributed by atoms with Gasteiger partial charge in [0.15, 0.2) is 0 Å². The molecule has 1 aliphatic carbocycles. The van der Waals surface area contributed by atoms with Gasteiger partial charge in [-0.25, -0.2) is 0 Å². The van der Waals surface area contributed by atoms with Gasteiger partial charge in [-0.3, -0.25) is 0 Å². The molecule has 1 fully saturated rings. The standard InChI is InChI=1S/C14H20BrNO/c1-10(16)13-8-7-12(9-14(13)15)17-11-5-3-2-4-6-11/h7-11H,2-6,16H2,1H3/t10-/m0/s1. The number of benzene rings is 1. The van der Waals surface area contributed by atoms with E-state index in [1.54, 1.807) is 0 Å². The fourth-order valence-electron chi connectivity index (χ4n) is 2.33. The van der Waals surface area contributed by atoms with E-state index in [2.05, 4.69) is 15.9 Å². The summed E-state index contributed by atoms with van der Waals surface area (Å²) < 4.78 is 7.04. The highest BCUT2D eigenvalue weighted by atomic mass is 79.9. The Labute approximate surface area is 112 Å². The second-order valence-electron chi connectivity index (χ2n) is 4.85. The Morgan fingerprint density at radius 2 is 2.00 bits per heavy atom. The maximum atomic E-state index is 6.00. The average molecular weight is 298 g/mol. The third-order valence-electron chi connectivity index (χ3n) is 3.32. The van der Waals surface area contributed by atoms with Crippen LogP contribution in [0.5, 0.6) is 5.75 Å². The van der Waals surface area contributed by atoms with E-state index in [0.29, 0.717) is 6.10 Å². The molecule has 0 aliphatic heterocycles. The molecule has 0 radical (unpaired) electrons. The molecule has 0 spiro atoms. The number of hydrogen-bond acceptors (Lipinski definition) is 2. The van der Waals surface area contributed by atoms with Crippen molar-refractivity contribution in [2.75, 3.05) is 0 Å². The number of ether oxygens (including phenoxy) is 1. The van der Waals surface area contributed by atoms with E-state index in [1.807, 2.05) is 25.1 Å². The molecule has 0 aromatic heterocycles. The minimum Gasteiger partial charge on any atom is -0.490 e. The summed E-state index contributed by atoms with van der Waals surface area (Å²) in [6.07, 6.45) is 6.72. The quantitative estimate of drug-likeness (QED) is 0.908. The number of halogens is 1. The molecule has 3 heteroatoms. The lowest BCUT2D eigenvalue weighted by molar-refractivity contribution is 0.155. The molecule has 2 N–H and O–H groups in total. The van der Waals surface area contributed by atoms with Crippen LogP contribution in [-0.2, 0) is 0 Å². The molecular weight excluding hydrogens is 278 g/mol. The van der Waals surface area contributed by atoms with Gasteiger partial charge in [0.25, 0.3) is 0 Å². The summed E-state index contributed by atoms with van der Waals surface area (Å²) in [5.41, 5.74) is 7.00. The fourth-order valence-corrected chi connectivity index (χ4v) is 3.04. The zero-order valence-electron chi connectivity index (χ0n) is 10.3. The van der Waals surface area contributed by atoms with Gasteiger partial charge >= 0.3 is 0 Å². The third kappa shape index (κ3) is 3.46. The normalized spacial score (nSPS) is 19.0. The number of rotatable bonds is 3. The van der Waals surface area contributed by atoms with E-state index in [4.69, 9.17) is 10.5 Å². The molecule has 94 valence electrons. The van der Waals surface area contributed by atoms with Crippen LogP contribution < -0.4 is 10.5 Å². The molecule has 0 saturated heterocycles. The lowest BCUT2D eigenvalue weighted by Gasteiger charge is -2.23. The molecule has 0 amide bonds. The van der Waals surface area contributed by atoms with Crippen molar-refractivity contribution in [2.45, 2.75) is 51.2 Å². The Balaban J connectivity index is 2.04. The van der Waals surface area contributed by atoms with Gasteiger partial charge < -0.3 is 10.5 Å². The van der Waals surface area contributed by atoms with Gasteiger partial charge in [-0.05, 0) is 50.3 Å². The van der Waals surface area contributed by atoms with Crippen LogP contribution in [0, 0.1) is 0 Å². The largest absolute Gasteiger partial charge is 0.490 e. The van der Waals surface area contributed by atoms with E-state index < -0.39 is 0 Å². The molecule has 1 aromatic rings. The zero-order chi connectivity index (χ0) is 12.3. The molecule has 1 saturated carbocycles. The minimum absolute atomic E-state index is 0.0492. The molecule has 17 heavy (non-hydrogen) atoms. The first kappa shape index (κ1) is 12.9. The predicted molar refractivity (Wildman–Crippen MR) is 74.2 cm³/mol. The van der Waals surface area contributed by atoms with Crippen LogP contribution in [-0.4, -0.2) is 6.10 Å². The second kappa shape index (κ2) is 5.87. The Bertz CT molecular complexity index is 372. The second-order valence-corrected chi connectivity index (χ2v) is 5.70. The van der Waals surface area contributed by atoms with Crippen LogP contribution in [0.2, 0.25) is 0 Å².